The van der Waals surface area contributed by atoms with Gasteiger partial charge < -0.3 is 9.51 Å². The number of nitrogens with zero attached hydrogens (tertiary/aromatic N) is 3. The molecule has 1 aliphatic rings. The van der Waals surface area contributed by atoms with Gasteiger partial charge in [0.2, 0.25) is 0 Å². The van der Waals surface area contributed by atoms with Crippen molar-refractivity contribution in [2.75, 3.05) is 13.1 Å². The first-order chi connectivity index (χ1) is 8.31. The number of rotatable bonds is 2. The second-order valence-electron chi connectivity index (χ2n) is 4.73. The summed E-state index contributed by atoms with van der Waals surface area (Å²) in [5.74, 6) is 0. The highest BCUT2D eigenvalue weighted by Gasteiger charge is 2.18. The Morgan fingerprint density at radius 2 is 2.35 bits per heavy atom. The lowest BCUT2D eigenvalue weighted by atomic mass is 10.1. The molecule has 0 unspecified atom stereocenters. The maximum atomic E-state index is 9.63. The fourth-order valence-corrected chi connectivity index (χ4v) is 2.47. The van der Waals surface area contributed by atoms with Crippen molar-refractivity contribution < 1.29 is 5.11 Å². The summed E-state index contributed by atoms with van der Waals surface area (Å²) in [6.07, 6.45) is 5.92. The number of hydrogen-bond acceptors (Lipinski definition) is 3. The van der Waals surface area contributed by atoms with Crippen molar-refractivity contribution in [3.8, 4) is 0 Å². The van der Waals surface area contributed by atoms with E-state index in [1.807, 2.05) is 28.8 Å². The SMILES string of the molecule is O[C@H]1CCCN(Cc2cn3ccccc3n2)C1. The molecule has 0 radical (unpaired) electrons. The molecule has 0 amide bonds. The maximum absolute atomic E-state index is 9.63. The van der Waals surface area contributed by atoms with E-state index in [1.54, 1.807) is 0 Å². The first kappa shape index (κ1) is 10.7. The van der Waals surface area contributed by atoms with Crippen molar-refractivity contribution in [3.05, 3.63) is 36.3 Å². The van der Waals surface area contributed by atoms with Crippen LogP contribution >= 0.6 is 0 Å². The number of aromatic nitrogens is 2. The van der Waals surface area contributed by atoms with Crippen LogP contribution in [0.3, 0.4) is 0 Å². The molecule has 1 atom stereocenters. The monoisotopic (exact) mass is 231 g/mol. The van der Waals surface area contributed by atoms with Crippen LogP contribution in [0.1, 0.15) is 18.5 Å². The molecule has 4 heteroatoms. The van der Waals surface area contributed by atoms with Crippen molar-refractivity contribution in [1.82, 2.24) is 14.3 Å². The number of hydrogen-bond donors (Lipinski definition) is 1. The molecule has 1 aliphatic heterocycles. The lowest BCUT2D eigenvalue weighted by Gasteiger charge is -2.29. The zero-order chi connectivity index (χ0) is 11.7. The number of β-amino-alcohol motifs (C(OH)–C–C–N with tert-alkyl or cyclic N) is 1. The minimum absolute atomic E-state index is 0.166. The second-order valence-corrected chi connectivity index (χ2v) is 4.73. The Morgan fingerprint density at radius 1 is 1.41 bits per heavy atom. The largest absolute Gasteiger partial charge is 0.392 e. The second kappa shape index (κ2) is 4.47. The van der Waals surface area contributed by atoms with Gasteiger partial charge in [0.05, 0.1) is 11.8 Å². The maximum Gasteiger partial charge on any atom is 0.137 e. The van der Waals surface area contributed by atoms with Gasteiger partial charge in [-0.3, -0.25) is 4.90 Å². The zero-order valence-electron chi connectivity index (χ0n) is 9.79. The van der Waals surface area contributed by atoms with Gasteiger partial charge in [-0.25, -0.2) is 4.98 Å². The summed E-state index contributed by atoms with van der Waals surface area (Å²) in [6.45, 7) is 2.66. The summed E-state index contributed by atoms with van der Waals surface area (Å²) in [6, 6.07) is 6.01. The van der Waals surface area contributed by atoms with Crippen LogP contribution in [0, 0.1) is 0 Å². The zero-order valence-corrected chi connectivity index (χ0v) is 9.79. The highest BCUT2D eigenvalue weighted by molar-refractivity contribution is 5.39. The first-order valence-corrected chi connectivity index (χ1v) is 6.14. The summed E-state index contributed by atoms with van der Waals surface area (Å²) in [5, 5.41) is 9.63. The van der Waals surface area contributed by atoms with Crippen LogP contribution in [0.25, 0.3) is 5.65 Å². The Balaban J connectivity index is 1.75. The average Bonchev–Trinajstić information content (AvgIpc) is 2.71. The molecule has 1 fully saturated rings. The van der Waals surface area contributed by atoms with Gasteiger partial charge in [-0.2, -0.15) is 0 Å². The average molecular weight is 231 g/mol. The van der Waals surface area contributed by atoms with E-state index in [4.69, 9.17) is 0 Å². The molecule has 2 aromatic rings. The van der Waals surface area contributed by atoms with Crippen LogP contribution in [-0.4, -0.2) is 38.6 Å². The Kier molecular flexibility index (Phi) is 2.82. The quantitative estimate of drug-likeness (QED) is 0.846. The van der Waals surface area contributed by atoms with Crippen molar-refractivity contribution in [1.29, 1.82) is 0 Å². The minimum Gasteiger partial charge on any atom is -0.392 e. The summed E-state index contributed by atoms with van der Waals surface area (Å²) in [5.41, 5.74) is 2.06. The van der Waals surface area contributed by atoms with E-state index >= 15 is 0 Å². The number of piperidine rings is 1. The third-order valence-electron chi connectivity index (χ3n) is 3.28. The normalized spacial score (nSPS) is 22.1. The van der Waals surface area contributed by atoms with E-state index in [9.17, 15) is 5.11 Å². The van der Waals surface area contributed by atoms with Crippen molar-refractivity contribution >= 4 is 5.65 Å². The highest BCUT2D eigenvalue weighted by Crippen LogP contribution is 2.13. The smallest absolute Gasteiger partial charge is 0.137 e. The molecule has 3 heterocycles. The lowest BCUT2D eigenvalue weighted by molar-refractivity contribution is 0.0663. The van der Waals surface area contributed by atoms with Gasteiger partial charge in [0, 0.05) is 25.5 Å². The Labute approximate surface area is 101 Å². The summed E-state index contributed by atoms with van der Waals surface area (Å²) < 4.78 is 2.04. The van der Waals surface area contributed by atoms with Gasteiger partial charge >= 0.3 is 0 Å². The first-order valence-electron chi connectivity index (χ1n) is 6.14. The van der Waals surface area contributed by atoms with E-state index in [1.165, 1.54) is 0 Å². The number of pyridine rings is 1. The molecule has 3 rings (SSSR count). The molecular formula is C13H17N3O. The van der Waals surface area contributed by atoms with E-state index < -0.39 is 0 Å². The number of likely N-dealkylation sites (tertiary alicyclic amines) is 1. The summed E-state index contributed by atoms with van der Waals surface area (Å²) in [4.78, 5) is 6.85. The number of aliphatic hydroxyl groups excluding tert-OH is 1. The van der Waals surface area contributed by atoms with Crippen LogP contribution < -0.4 is 0 Å². The fourth-order valence-electron chi connectivity index (χ4n) is 2.47. The molecule has 0 aliphatic carbocycles. The summed E-state index contributed by atoms with van der Waals surface area (Å²) >= 11 is 0. The van der Waals surface area contributed by atoms with Gasteiger partial charge in [0.15, 0.2) is 0 Å². The van der Waals surface area contributed by atoms with Crippen LogP contribution in [0.4, 0.5) is 0 Å². The molecule has 0 aromatic carbocycles. The molecule has 0 spiro atoms. The van der Waals surface area contributed by atoms with Crippen molar-refractivity contribution in [2.24, 2.45) is 0 Å². The molecule has 0 saturated carbocycles. The van der Waals surface area contributed by atoms with Crippen molar-refractivity contribution in [3.63, 3.8) is 0 Å². The highest BCUT2D eigenvalue weighted by atomic mass is 16.3. The van der Waals surface area contributed by atoms with E-state index in [0.717, 1.165) is 43.8 Å². The Bertz CT molecular complexity index is 475. The number of fused-ring (bicyclic) bond motifs is 1. The third kappa shape index (κ3) is 2.33. The van der Waals surface area contributed by atoms with E-state index in [2.05, 4.69) is 16.1 Å². The predicted molar refractivity (Wildman–Crippen MR) is 65.7 cm³/mol. The molecule has 17 heavy (non-hydrogen) atoms. The minimum atomic E-state index is -0.166. The molecule has 0 bridgehead atoms. The van der Waals surface area contributed by atoms with Crippen LogP contribution in [0.5, 0.6) is 0 Å². The summed E-state index contributed by atoms with van der Waals surface area (Å²) in [7, 11) is 0. The van der Waals surface area contributed by atoms with Gasteiger partial charge in [-0.15, -0.1) is 0 Å². The van der Waals surface area contributed by atoms with Gasteiger partial charge in [-0.05, 0) is 31.5 Å². The molecule has 2 aromatic heterocycles. The molecule has 90 valence electrons. The fraction of sp³-hybridized carbons (Fsp3) is 0.462. The third-order valence-corrected chi connectivity index (χ3v) is 3.28. The molecule has 1 N–H and O–H groups in total. The molecule has 4 nitrogen and oxygen atoms in total. The standard InChI is InChI=1S/C13H17N3O/c17-12-4-3-6-15(10-12)8-11-9-16-7-2-1-5-13(16)14-11/h1-2,5,7,9,12,17H,3-4,6,8,10H2/t12-/m0/s1. The van der Waals surface area contributed by atoms with Crippen LogP contribution in [0.15, 0.2) is 30.6 Å². The van der Waals surface area contributed by atoms with Crippen LogP contribution in [-0.2, 0) is 6.54 Å². The van der Waals surface area contributed by atoms with E-state index in [-0.39, 0.29) is 6.10 Å². The lowest BCUT2D eigenvalue weighted by Crippen LogP contribution is -2.37. The number of aliphatic hydroxyl groups is 1. The van der Waals surface area contributed by atoms with Gasteiger partial charge in [-0.1, -0.05) is 6.07 Å². The van der Waals surface area contributed by atoms with E-state index in [0.29, 0.717) is 0 Å². The number of imidazole rings is 1. The van der Waals surface area contributed by atoms with Gasteiger partial charge in [0.25, 0.3) is 0 Å². The van der Waals surface area contributed by atoms with Gasteiger partial charge in [0.1, 0.15) is 5.65 Å². The van der Waals surface area contributed by atoms with Crippen molar-refractivity contribution in [2.45, 2.75) is 25.5 Å². The molecular weight excluding hydrogens is 214 g/mol. The topological polar surface area (TPSA) is 40.8 Å². The Morgan fingerprint density at radius 3 is 3.18 bits per heavy atom. The molecule has 1 saturated heterocycles. The Hall–Kier alpha value is -1.39. The van der Waals surface area contributed by atoms with Crippen LogP contribution in [0.2, 0.25) is 0 Å². The predicted octanol–water partition coefficient (Wildman–Crippen LogP) is 1.29.